The molecule has 0 aliphatic heterocycles. The molecule has 0 spiro atoms. The van der Waals surface area contributed by atoms with E-state index in [1.165, 1.54) is 5.56 Å². The van der Waals surface area contributed by atoms with Crippen molar-refractivity contribution in [1.29, 1.82) is 0 Å². The molecule has 0 aliphatic carbocycles. The van der Waals surface area contributed by atoms with Crippen LogP contribution in [0.4, 0.5) is 0 Å². The average molecular weight is 326 g/mol. The minimum atomic E-state index is 0.242. The maximum Gasteiger partial charge on any atom is 0.0449 e. The van der Waals surface area contributed by atoms with Gasteiger partial charge in [-0.05, 0) is 48.9 Å². The van der Waals surface area contributed by atoms with Crippen LogP contribution in [-0.4, -0.2) is 12.0 Å². The van der Waals surface area contributed by atoms with Crippen molar-refractivity contribution in [2.75, 3.05) is 7.05 Å². The molecule has 0 fully saturated rings. The van der Waals surface area contributed by atoms with Gasteiger partial charge in [0, 0.05) is 27.9 Å². The Morgan fingerprint density at radius 3 is 2.61 bits per heavy atom. The molecule has 1 unspecified atom stereocenters. The molecule has 4 heteroatoms. The molecule has 1 atom stereocenters. The van der Waals surface area contributed by atoms with Crippen LogP contribution >= 0.6 is 27.5 Å². The van der Waals surface area contributed by atoms with Crippen LogP contribution in [0.1, 0.15) is 17.2 Å². The minimum Gasteiger partial charge on any atom is -0.313 e. The van der Waals surface area contributed by atoms with E-state index in [-0.39, 0.29) is 6.04 Å². The van der Waals surface area contributed by atoms with Gasteiger partial charge >= 0.3 is 0 Å². The molecule has 1 N–H and O–H groups in total. The predicted molar refractivity (Wildman–Crippen MR) is 78.9 cm³/mol. The summed E-state index contributed by atoms with van der Waals surface area (Å²) in [6.07, 6.45) is 4.47. The maximum absolute atomic E-state index is 6.25. The molecule has 0 amide bonds. The van der Waals surface area contributed by atoms with Gasteiger partial charge < -0.3 is 5.32 Å². The van der Waals surface area contributed by atoms with Gasteiger partial charge in [-0.15, -0.1) is 0 Å². The number of nitrogens with one attached hydrogen (secondary N) is 1. The Morgan fingerprint density at radius 2 is 2.00 bits per heavy atom. The number of benzene rings is 1. The number of hydrogen-bond acceptors (Lipinski definition) is 2. The molecule has 1 aromatic carbocycles. The zero-order valence-electron chi connectivity index (χ0n) is 10.0. The van der Waals surface area contributed by atoms with Crippen molar-refractivity contribution in [2.24, 2.45) is 0 Å². The summed E-state index contributed by atoms with van der Waals surface area (Å²) in [5.41, 5.74) is 2.35. The summed E-state index contributed by atoms with van der Waals surface area (Å²) in [6.45, 7) is 0. The van der Waals surface area contributed by atoms with E-state index >= 15 is 0 Å². The Kier molecular flexibility index (Phi) is 4.75. The molecule has 18 heavy (non-hydrogen) atoms. The second-order valence-corrected chi connectivity index (χ2v) is 5.38. The Morgan fingerprint density at radius 1 is 1.28 bits per heavy atom. The third-order valence-electron chi connectivity index (χ3n) is 2.90. The van der Waals surface area contributed by atoms with E-state index in [9.17, 15) is 0 Å². The third kappa shape index (κ3) is 3.31. The first-order chi connectivity index (χ1) is 8.70. The lowest BCUT2D eigenvalue weighted by atomic mass is 10.00. The molecule has 1 heterocycles. The van der Waals surface area contributed by atoms with Crippen LogP contribution in [0, 0.1) is 0 Å². The number of halogens is 2. The monoisotopic (exact) mass is 324 g/mol. The quantitative estimate of drug-likeness (QED) is 0.919. The van der Waals surface area contributed by atoms with Gasteiger partial charge in [-0.2, -0.15) is 0 Å². The highest BCUT2D eigenvalue weighted by Gasteiger charge is 2.12. The van der Waals surface area contributed by atoms with Gasteiger partial charge in [0.15, 0.2) is 0 Å². The van der Waals surface area contributed by atoms with E-state index in [1.54, 1.807) is 0 Å². The van der Waals surface area contributed by atoms with Gasteiger partial charge in [0.05, 0.1) is 0 Å². The number of pyridine rings is 1. The SMILES string of the molecule is CNC(Cc1ccc(Br)cc1Cl)c1ccncc1. The summed E-state index contributed by atoms with van der Waals surface area (Å²) in [5.74, 6) is 0. The number of aromatic nitrogens is 1. The zero-order valence-corrected chi connectivity index (χ0v) is 12.4. The number of nitrogens with zero attached hydrogens (tertiary/aromatic N) is 1. The van der Waals surface area contributed by atoms with Gasteiger partial charge in [0.2, 0.25) is 0 Å². The first kappa shape index (κ1) is 13.5. The highest BCUT2D eigenvalue weighted by Crippen LogP contribution is 2.26. The second-order valence-electron chi connectivity index (χ2n) is 4.06. The Hall–Kier alpha value is -0.900. The molecule has 2 aromatic rings. The molecule has 0 bridgehead atoms. The summed E-state index contributed by atoms with van der Waals surface area (Å²) in [5, 5.41) is 4.10. The lowest BCUT2D eigenvalue weighted by molar-refractivity contribution is 0.591. The molecule has 1 aromatic heterocycles. The number of likely N-dealkylation sites (N-methyl/N-ethyl adjacent to an activating group) is 1. The van der Waals surface area contributed by atoms with Crippen LogP contribution in [0.25, 0.3) is 0 Å². The fourth-order valence-corrected chi connectivity index (χ4v) is 2.64. The van der Waals surface area contributed by atoms with Crippen LogP contribution in [0.15, 0.2) is 47.2 Å². The van der Waals surface area contributed by atoms with E-state index in [1.807, 2.05) is 43.7 Å². The van der Waals surface area contributed by atoms with Crippen LogP contribution in [-0.2, 0) is 6.42 Å². The molecule has 2 nitrogen and oxygen atoms in total. The summed E-state index contributed by atoms with van der Waals surface area (Å²) in [7, 11) is 1.96. The molecule has 0 saturated heterocycles. The summed E-state index contributed by atoms with van der Waals surface area (Å²) in [4.78, 5) is 4.04. The predicted octanol–water partition coefficient (Wildman–Crippen LogP) is 4.00. The minimum absolute atomic E-state index is 0.242. The molecule has 2 rings (SSSR count). The topological polar surface area (TPSA) is 24.9 Å². The van der Waals surface area contributed by atoms with Crippen molar-refractivity contribution in [3.63, 3.8) is 0 Å². The number of rotatable bonds is 4. The molecule has 0 saturated carbocycles. The normalized spacial score (nSPS) is 12.4. The standard InChI is InChI=1S/C14H14BrClN2/c1-17-14(10-4-6-18-7-5-10)8-11-2-3-12(15)9-13(11)16/h2-7,9,14,17H,8H2,1H3. The van der Waals surface area contributed by atoms with Crippen LogP contribution < -0.4 is 5.32 Å². The van der Waals surface area contributed by atoms with Crippen LogP contribution in [0.5, 0.6) is 0 Å². The maximum atomic E-state index is 6.25. The van der Waals surface area contributed by atoms with Gasteiger partial charge in [0.1, 0.15) is 0 Å². The summed E-state index contributed by atoms with van der Waals surface area (Å²) in [6, 6.07) is 10.3. The van der Waals surface area contributed by atoms with Crippen molar-refractivity contribution in [3.05, 3.63) is 63.3 Å². The molecule has 94 valence electrons. The smallest absolute Gasteiger partial charge is 0.0449 e. The van der Waals surface area contributed by atoms with E-state index in [0.29, 0.717) is 0 Å². The largest absolute Gasteiger partial charge is 0.313 e. The molecule has 0 aliphatic rings. The fraction of sp³-hybridized carbons (Fsp3) is 0.214. The van der Waals surface area contributed by atoms with Gasteiger partial charge in [-0.1, -0.05) is 33.6 Å². The van der Waals surface area contributed by atoms with Gasteiger partial charge in [-0.3, -0.25) is 4.98 Å². The van der Waals surface area contributed by atoms with Crippen molar-refractivity contribution < 1.29 is 0 Å². The highest BCUT2D eigenvalue weighted by molar-refractivity contribution is 9.10. The zero-order chi connectivity index (χ0) is 13.0. The number of hydrogen-bond donors (Lipinski definition) is 1. The highest BCUT2D eigenvalue weighted by atomic mass is 79.9. The first-order valence-corrected chi connectivity index (χ1v) is 6.89. The Bertz CT molecular complexity index is 516. The Labute approximate surface area is 121 Å². The third-order valence-corrected chi connectivity index (χ3v) is 3.74. The first-order valence-electron chi connectivity index (χ1n) is 5.72. The summed E-state index contributed by atoms with van der Waals surface area (Å²) < 4.78 is 1.00. The Balaban J connectivity index is 2.21. The second kappa shape index (κ2) is 6.32. The van der Waals surface area contributed by atoms with Crippen LogP contribution in [0.2, 0.25) is 5.02 Å². The van der Waals surface area contributed by atoms with E-state index in [0.717, 1.165) is 21.5 Å². The van der Waals surface area contributed by atoms with E-state index in [2.05, 4.69) is 32.3 Å². The van der Waals surface area contributed by atoms with Crippen molar-refractivity contribution in [1.82, 2.24) is 10.3 Å². The van der Waals surface area contributed by atoms with Crippen LogP contribution in [0.3, 0.4) is 0 Å². The molecule has 0 radical (unpaired) electrons. The van der Waals surface area contributed by atoms with E-state index < -0.39 is 0 Å². The van der Waals surface area contributed by atoms with Crippen molar-refractivity contribution >= 4 is 27.5 Å². The molecular weight excluding hydrogens is 312 g/mol. The summed E-state index contributed by atoms with van der Waals surface area (Å²) >= 11 is 9.66. The van der Waals surface area contributed by atoms with Gasteiger partial charge in [0.25, 0.3) is 0 Å². The van der Waals surface area contributed by atoms with E-state index in [4.69, 9.17) is 11.6 Å². The fourth-order valence-electron chi connectivity index (χ4n) is 1.89. The average Bonchev–Trinajstić information content (AvgIpc) is 2.39. The van der Waals surface area contributed by atoms with Crippen molar-refractivity contribution in [3.8, 4) is 0 Å². The molecular formula is C14H14BrClN2. The lowest BCUT2D eigenvalue weighted by Crippen LogP contribution is -2.19. The van der Waals surface area contributed by atoms with Gasteiger partial charge in [-0.25, -0.2) is 0 Å². The van der Waals surface area contributed by atoms with Crippen molar-refractivity contribution in [2.45, 2.75) is 12.5 Å². The lowest BCUT2D eigenvalue weighted by Gasteiger charge is -2.17.